The van der Waals surface area contributed by atoms with Gasteiger partial charge in [-0.05, 0) is 176 Å². The lowest BCUT2D eigenvalue weighted by atomic mass is 9.73. The van der Waals surface area contributed by atoms with Crippen molar-refractivity contribution in [1.29, 1.82) is 0 Å². The number of aliphatic hydroxyl groups is 2. The molecule has 0 spiro atoms. The van der Waals surface area contributed by atoms with Crippen LogP contribution in [-0.2, 0) is 114 Å². The van der Waals surface area contributed by atoms with Crippen molar-refractivity contribution in [2.75, 3.05) is 89.4 Å². The summed E-state index contributed by atoms with van der Waals surface area (Å²) in [7, 11) is 13.7. The molecule has 0 aliphatic carbocycles. The Kier molecular flexibility index (Phi) is 40.8. The van der Waals surface area contributed by atoms with Gasteiger partial charge in [0, 0.05) is 101 Å². The molecule has 2 amide bonds. The number of esters is 4. The maximum absolute atomic E-state index is 14.7. The molecule has 126 heavy (non-hydrogen) atoms. The zero-order valence-electron chi connectivity index (χ0n) is 81.9. The first-order chi connectivity index (χ1) is 58.8. The highest BCUT2D eigenvalue weighted by molar-refractivity contribution is 5.86. The predicted molar refractivity (Wildman–Crippen MR) is 467 cm³/mol. The summed E-state index contributed by atoms with van der Waals surface area (Å²) in [4.78, 5) is 116. The maximum atomic E-state index is 14.7. The molecular formula is C92H162N6O28. The molecule has 8 aliphatic rings. The number of Topliss-reactive ketones (excluding diaryl/α,β-unsaturated/α-hetero) is 2. The normalized spacial score (nSPS) is 42.9. The molecule has 8 heterocycles. The predicted octanol–water partition coefficient (Wildman–Crippen LogP) is 9.03. The van der Waals surface area contributed by atoms with Crippen LogP contribution in [0.2, 0.25) is 0 Å². The van der Waals surface area contributed by atoms with Crippen LogP contribution in [0, 0.1) is 47.3 Å². The fraction of sp³-hybridized carbons (Fsp3) is 0.891. The minimum atomic E-state index is -1.38. The number of ketones is 2. The molecule has 0 aromatic carbocycles. The molecule has 0 saturated carbocycles. The topological polar surface area (TPSA) is 389 Å². The third kappa shape index (κ3) is 25.6. The first kappa shape index (κ1) is 110. The minimum absolute atomic E-state index is 0.0931. The van der Waals surface area contributed by atoms with E-state index in [1.165, 1.54) is 21.3 Å². The molecule has 34 nitrogen and oxygen atoms in total. The number of methoxy groups -OCH3 is 4. The number of carbonyl (C=O) groups is 8. The number of nitrogens with one attached hydrogen (secondary N) is 3. The summed E-state index contributed by atoms with van der Waals surface area (Å²) in [5.41, 5.74) is -7.40. The first-order valence-electron chi connectivity index (χ1n) is 45.9. The zero-order valence-corrected chi connectivity index (χ0v) is 81.9. The van der Waals surface area contributed by atoms with Gasteiger partial charge in [0.05, 0.1) is 90.4 Å². The van der Waals surface area contributed by atoms with Crippen LogP contribution in [0.25, 0.3) is 0 Å². The van der Waals surface area contributed by atoms with Crippen LogP contribution >= 0.6 is 0 Å². The van der Waals surface area contributed by atoms with Crippen molar-refractivity contribution in [3.8, 4) is 0 Å². The minimum Gasteiger partial charge on any atom is -0.458 e. The van der Waals surface area contributed by atoms with Gasteiger partial charge in [0.15, 0.2) is 48.6 Å². The van der Waals surface area contributed by atoms with Gasteiger partial charge in [0.2, 0.25) is 0 Å². The number of carbonyl (C=O) groups excluding carboxylic acids is 8. The van der Waals surface area contributed by atoms with Crippen LogP contribution in [0.15, 0.2) is 12.7 Å². The van der Waals surface area contributed by atoms with E-state index in [0.717, 1.165) is 32.3 Å². The molecule has 8 fully saturated rings. The summed E-state index contributed by atoms with van der Waals surface area (Å²) in [6.45, 7) is 52.1. The highest BCUT2D eigenvalue weighted by Gasteiger charge is 2.62. The van der Waals surface area contributed by atoms with Gasteiger partial charge in [-0.25, -0.2) is 14.4 Å². The van der Waals surface area contributed by atoms with Gasteiger partial charge in [-0.2, -0.15) is 0 Å². The number of likely N-dealkylation sites (N-methyl/N-ethyl adjacent to an activating group) is 2. The second-order valence-electron chi connectivity index (χ2n) is 38.1. The van der Waals surface area contributed by atoms with Crippen LogP contribution in [0.1, 0.15) is 224 Å². The molecule has 8 aliphatic heterocycles. The van der Waals surface area contributed by atoms with E-state index >= 15 is 0 Å². The molecule has 0 unspecified atom stereocenters. The molecule has 0 aromatic heterocycles. The van der Waals surface area contributed by atoms with Crippen molar-refractivity contribution >= 4 is 47.6 Å². The molecule has 0 bridgehead atoms. The SMILES string of the molecule is C=CC(=O)O[C@H]1[C@H](C)O[C@@H](O[C@H]2[C@H](C)[C@@H](O[C@@H]3O[C@H](C)C[C@H](N(C)C)[C@H]3O)[C@](C)(OC)C[C@@H](C)C(=O)[C@H](C)[C@H]3NC(=O)O[C@]3(C)[C@@H](CC)OC(=O)[C@@H]2C)C[C@@]1(C)OC.CCNCC.CC[C@H]1OC(=O)[C@H](C)[C@@H](O[C@H]2C[C@@](C)(OC)[C@@H](OC(=O)CCN(CC)CC)[C@H](C)O2)[C@H](C)[C@@H](O[C@@H]2O[C@H](C)C[C@H](N(C)C)[C@H]2O)[C@](C)(OC)C[C@@H](C)C(=O)[C@H](C)[C@H]2NC(=O)O[C@@]21C. The first-order valence-corrected chi connectivity index (χ1v) is 45.9. The summed E-state index contributed by atoms with van der Waals surface area (Å²) >= 11 is 0. The lowest BCUT2D eigenvalue weighted by molar-refractivity contribution is -0.320. The van der Waals surface area contributed by atoms with Gasteiger partial charge in [0.25, 0.3) is 0 Å². The van der Waals surface area contributed by atoms with Gasteiger partial charge in [-0.15, -0.1) is 0 Å². The third-order valence-corrected chi connectivity index (χ3v) is 28.4. The Morgan fingerprint density at radius 3 is 1.16 bits per heavy atom. The van der Waals surface area contributed by atoms with Crippen LogP contribution in [-0.4, -0.2) is 330 Å². The van der Waals surface area contributed by atoms with Crippen LogP contribution in [0.4, 0.5) is 9.59 Å². The number of alkyl carbamates (subject to hydrolysis) is 2. The number of rotatable bonds is 26. The Labute approximate surface area is 750 Å². The van der Waals surface area contributed by atoms with Gasteiger partial charge >= 0.3 is 36.1 Å². The summed E-state index contributed by atoms with van der Waals surface area (Å²) in [6, 6.07) is -2.23. The van der Waals surface area contributed by atoms with E-state index in [-0.39, 0.29) is 86.8 Å². The van der Waals surface area contributed by atoms with E-state index in [0.29, 0.717) is 19.4 Å². The van der Waals surface area contributed by atoms with E-state index in [1.54, 1.807) is 76.3 Å². The molecular weight excluding hydrogens is 1640 g/mol. The molecule has 728 valence electrons. The lowest BCUT2D eigenvalue weighted by Crippen LogP contribution is -2.62. The Morgan fingerprint density at radius 1 is 0.500 bits per heavy atom. The number of hydrogen-bond acceptors (Lipinski definition) is 32. The number of nitrogens with zero attached hydrogens (tertiary/aromatic N) is 3. The molecule has 8 saturated heterocycles. The summed E-state index contributed by atoms with van der Waals surface area (Å²) in [5, 5.41) is 32.2. The van der Waals surface area contributed by atoms with E-state index in [2.05, 4.69) is 41.3 Å². The number of hydrogen-bond donors (Lipinski definition) is 5. The van der Waals surface area contributed by atoms with Crippen LogP contribution in [0.3, 0.4) is 0 Å². The second-order valence-corrected chi connectivity index (χ2v) is 38.1. The average molecular weight is 1800 g/mol. The summed E-state index contributed by atoms with van der Waals surface area (Å²) < 4.78 is 114. The Balaban J connectivity index is 0.000000370. The van der Waals surface area contributed by atoms with Crippen LogP contribution in [0.5, 0.6) is 0 Å². The second kappa shape index (κ2) is 46.9. The van der Waals surface area contributed by atoms with Crippen molar-refractivity contribution in [3.63, 3.8) is 0 Å². The highest BCUT2D eigenvalue weighted by Crippen LogP contribution is 2.48. The number of cyclic esters (lactones) is 2. The zero-order chi connectivity index (χ0) is 95.1. The Morgan fingerprint density at radius 2 is 0.849 bits per heavy atom. The fourth-order valence-electron chi connectivity index (χ4n) is 20.5. The molecule has 8 rings (SSSR count). The van der Waals surface area contributed by atoms with Crippen molar-refractivity contribution in [3.05, 3.63) is 12.7 Å². The van der Waals surface area contributed by atoms with Crippen molar-refractivity contribution in [2.24, 2.45) is 47.3 Å². The Hall–Kier alpha value is -5.22. The van der Waals surface area contributed by atoms with E-state index in [4.69, 9.17) is 85.3 Å². The molecule has 36 atom stereocenters. The van der Waals surface area contributed by atoms with Gasteiger partial charge in [0.1, 0.15) is 47.2 Å². The standard InChI is InChI=1S/C46H81N3O14.C42H70N2O14.C4H11N/c1-17-32-46(12)38(47-43(54)63-46)27(6)35(51)25(4)23-44(10,55-15)39(62-42-36(52)31(48(13)14)22-26(5)57-42)28(7)37(29(8)41(53)59-32)61-34-24-45(11,56-16)40(30(9)58-34)60-33(50)20-21-49(18-2)19-3;1-16-28-42(11)34(43-39(49)58-42)23(5)31(46)21(3)19-40(9,50-14)35(57-38-32(47)27(44(12)13)18-22(4)52-38)24(6)33(25(7)37(48)54-28)56-30-20-41(10,51-15)36(26(8)53-30)55-29(45)17-2;1-3-5-4-2/h25-32,34,36-40,42,52H,17-24H2,1-16H3,(H,47,54);17,21-28,30,32-36,38,47H,2,16,18-20H2,1,3-15H3,(H,43,49);5H,3-4H2,1-2H3/t25-,26-,27+,28+,29-,30+,31+,32-,34+,36-,37+,38-,39-,40+,42+,44-,45-,46-;21-,22-,23+,24+,25-,26+,27+,28-,30+,32-,33+,34-,35-,36+,38+,40-,41-,42-;/m11./s1. The number of amides is 2. The fourth-order valence-corrected chi connectivity index (χ4v) is 20.5. The van der Waals surface area contributed by atoms with Gasteiger partial charge in [-0.1, -0.05) is 89.7 Å². The molecule has 0 radical (unpaired) electrons. The number of ether oxygens (including phenoxy) is 18. The average Bonchev–Trinajstić information content (AvgIpc) is 1.50. The van der Waals surface area contributed by atoms with Crippen LogP contribution < -0.4 is 16.0 Å². The third-order valence-electron chi connectivity index (χ3n) is 28.4. The Bertz CT molecular complexity index is 3530. The monoisotopic (exact) mass is 1800 g/mol. The molecule has 0 aromatic rings. The summed E-state index contributed by atoms with van der Waals surface area (Å²) in [6.07, 6.45) is -13.7. The maximum Gasteiger partial charge on any atom is 0.408 e. The van der Waals surface area contributed by atoms with Crippen molar-refractivity contribution in [1.82, 2.24) is 30.7 Å². The van der Waals surface area contributed by atoms with Crippen molar-refractivity contribution < 1.29 is 134 Å². The van der Waals surface area contributed by atoms with Gasteiger partial charge in [-0.3, -0.25) is 24.0 Å². The van der Waals surface area contributed by atoms with Crippen molar-refractivity contribution in [2.45, 2.75) is 392 Å². The molecule has 5 N–H and O–H groups in total. The van der Waals surface area contributed by atoms with Gasteiger partial charge < -0.3 is 126 Å². The van der Waals surface area contributed by atoms with E-state index in [1.807, 2.05) is 121 Å². The smallest absolute Gasteiger partial charge is 0.408 e. The molecule has 34 heteroatoms. The lowest BCUT2D eigenvalue weighted by Gasteiger charge is -2.50. The van der Waals surface area contributed by atoms with E-state index < -0.39 is 222 Å². The summed E-state index contributed by atoms with van der Waals surface area (Å²) in [5.74, 6) is -8.84. The van der Waals surface area contributed by atoms with E-state index in [9.17, 15) is 48.6 Å². The highest BCUT2D eigenvalue weighted by atomic mass is 16.7. The number of aliphatic hydroxyl groups excluding tert-OH is 2. The quantitative estimate of drug-likeness (QED) is 0.0306. The largest absolute Gasteiger partial charge is 0.458 e. The number of fused-ring (bicyclic) bond motifs is 2.